The van der Waals surface area contributed by atoms with Crippen molar-refractivity contribution in [2.45, 2.75) is 94.8 Å². The van der Waals surface area contributed by atoms with E-state index in [0.29, 0.717) is 0 Å². The summed E-state index contributed by atoms with van der Waals surface area (Å²) in [5, 5.41) is 0. The predicted molar refractivity (Wildman–Crippen MR) is 208 cm³/mol. The minimum Gasteiger partial charge on any atom is -0.310 e. The van der Waals surface area contributed by atoms with Gasteiger partial charge in [0.05, 0.1) is 5.69 Å². The molecule has 1 nitrogen and oxygen atoms in total. The van der Waals surface area contributed by atoms with Crippen LogP contribution < -0.4 is 4.90 Å². The van der Waals surface area contributed by atoms with Crippen LogP contribution in [0.4, 0.5) is 17.1 Å². The van der Waals surface area contributed by atoms with Crippen molar-refractivity contribution < 1.29 is 0 Å². The number of rotatable bonds is 3. The van der Waals surface area contributed by atoms with E-state index < -0.39 is 0 Å². The lowest BCUT2D eigenvalue weighted by molar-refractivity contribution is -0.0399. The molecule has 0 aliphatic heterocycles. The molecule has 7 aliphatic carbocycles. The van der Waals surface area contributed by atoms with Crippen LogP contribution in [0.1, 0.15) is 106 Å². The molecule has 7 aliphatic rings. The standard InChI is InChI=1S/C49H49N/c1-47(2,3)33-17-19-36(20-18-33)50(37-21-22-39-38-11-4-6-13-41(38)48(44(39)30-37)23-8-9-24-48)45-16-10-15-43-46(45)40-12-5-7-14-42(40)49(43)34-26-31-25-32(28-34)29-35(49)27-31/h4-7,10-22,30-32,34-35H,8-9,23-29H2,1-3H3/t31-,32?,34-,35+,49+. The summed E-state index contributed by atoms with van der Waals surface area (Å²) in [4.78, 5) is 2.64. The lowest BCUT2D eigenvalue weighted by Crippen LogP contribution is -2.55. The second-order valence-electron chi connectivity index (χ2n) is 18.1. The zero-order valence-electron chi connectivity index (χ0n) is 30.0. The van der Waals surface area contributed by atoms with Gasteiger partial charge in [0.25, 0.3) is 0 Å². The highest BCUT2D eigenvalue weighted by atomic mass is 15.1. The maximum absolute atomic E-state index is 2.64. The molecule has 0 heterocycles. The summed E-state index contributed by atoms with van der Waals surface area (Å²) in [5.41, 5.74) is 17.9. The molecule has 0 unspecified atom stereocenters. The van der Waals surface area contributed by atoms with Crippen LogP contribution in [0.3, 0.4) is 0 Å². The summed E-state index contributed by atoms with van der Waals surface area (Å²) in [7, 11) is 0. The van der Waals surface area contributed by atoms with Gasteiger partial charge in [-0.2, -0.15) is 0 Å². The molecule has 1 heteroatoms. The fraction of sp³-hybridized carbons (Fsp3) is 0.388. The summed E-state index contributed by atoms with van der Waals surface area (Å²) in [6.07, 6.45) is 12.3. The second kappa shape index (κ2) is 10.2. The molecule has 0 N–H and O–H groups in total. The van der Waals surface area contributed by atoms with Gasteiger partial charge in [-0.1, -0.05) is 112 Å². The van der Waals surface area contributed by atoms with E-state index in [-0.39, 0.29) is 16.2 Å². The molecule has 0 atom stereocenters. The molecular formula is C49H49N. The highest BCUT2D eigenvalue weighted by molar-refractivity contribution is 5.96. The molecular weight excluding hydrogens is 603 g/mol. The fourth-order valence-electron chi connectivity index (χ4n) is 13.0. The van der Waals surface area contributed by atoms with Crippen LogP contribution in [0.15, 0.2) is 109 Å². The van der Waals surface area contributed by atoms with E-state index in [4.69, 9.17) is 0 Å². The number of nitrogens with zero attached hydrogens (tertiary/aromatic N) is 1. The van der Waals surface area contributed by atoms with Crippen molar-refractivity contribution in [3.63, 3.8) is 0 Å². The van der Waals surface area contributed by atoms with E-state index in [1.165, 1.54) is 103 Å². The van der Waals surface area contributed by atoms with Gasteiger partial charge in [-0.15, -0.1) is 0 Å². The highest BCUT2D eigenvalue weighted by Gasteiger charge is 2.62. The van der Waals surface area contributed by atoms with E-state index in [0.717, 1.165) is 23.7 Å². The molecule has 50 heavy (non-hydrogen) atoms. The summed E-state index contributed by atoms with van der Waals surface area (Å²) >= 11 is 0. The predicted octanol–water partition coefficient (Wildman–Crippen LogP) is 13.0. The highest BCUT2D eigenvalue weighted by Crippen LogP contribution is 2.70. The Bertz CT molecular complexity index is 2140. The second-order valence-corrected chi connectivity index (χ2v) is 18.1. The third-order valence-electron chi connectivity index (χ3n) is 14.8. The first-order valence-electron chi connectivity index (χ1n) is 19.7. The molecule has 0 saturated heterocycles. The maximum Gasteiger partial charge on any atom is 0.0543 e. The largest absolute Gasteiger partial charge is 0.310 e. The van der Waals surface area contributed by atoms with Crippen molar-refractivity contribution in [1.29, 1.82) is 0 Å². The minimum atomic E-state index is 0.107. The summed E-state index contributed by atoms with van der Waals surface area (Å²) < 4.78 is 0. The van der Waals surface area contributed by atoms with Gasteiger partial charge < -0.3 is 4.90 Å². The zero-order valence-corrected chi connectivity index (χ0v) is 30.0. The van der Waals surface area contributed by atoms with Crippen LogP contribution in [0.5, 0.6) is 0 Å². The van der Waals surface area contributed by atoms with Gasteiger partial charge >= 0.3 is 0 Å². The van der Waals surface area contributed by atoms with Crippen molar-refractivity contribution in [2.24, 2.45) is 23.7 Å². The van der Waals surface area contributed by atoms with E-state index in [9.17, 15) is 0 Å². The van der Waals surface area contributed by atoms with Crippen molar-refractivity contribution in [1.82, 2.24) is 0 Å². The van der Waals surface area contributed by atoms with E-state index in [1.807, 2.05) is 0 Å². The van der Waals surface area contributed by atoms with Crippen molar-refractivity contribution in [3.8, 4) is 22.3 Å². The minimum absolute atomic E-state index is 0.107. The smallest absolute Gasteiger partial charge is 0.0543 e. The van der Waals surface area contributed by atoms with E-state index in [2.05, 4.69) is 135 Å². The number of hydrogen-bond donors (Lipinski definition) is 0. The Hall–Kier alpha value is -4.10. The summed E-state index contributed by atoms with van der Waals surface area (Å²) in [6.45, 7) is 6.97. The Morgan fingerprint density at radius 3 is 1.84 bits per heavy atom. The third-order valence-corrected chi connectivity index (χ3v) is 14.8. The molecule has 5 fully saturated rings. The number of benzene rings is 5. The molecule has 5 aromatic carbocycles. The van der Waals surface area contributed by atoms with E-state index in [1.54, 1.807) is 22.3 Å². The Morgan fingerprint density at radius 2 is 1.14 bits per heavy atom. The molecule has 4 bridgehead atoms. The molecule has 0 aromatic heterocycles. The molecule has 5 aromatic rings. The van der Waals surface area contributed by atoms with Gasteiger partial charge in [0.2, 0.25) is 0 Å². The Kier molecular flexibility index (Phi) is 6.07. The van der Waals surface area contributed by atoms with Gasteiger partial charge in [-0.25, -0.2) is 0 Å². The molecule has 2 spiro atoms. The first-order chi connectivity index (χ1) is 24.4. The zero-order chi connectivity index (χ0) is 33.4. The van der Waals surface area contributed by atoms with Gasteiger partial charge in [0, 0.05) is 27.8 Å². The molecule has 0 radical (unpaired) electrons. The molecule has 250 valence electrons. The van der Waals surface area contributed by atoms with Crippen molar-refractivity contribution >= 4 is 17.1 Å². The van der Waals surface area contributed by atoms with Crippen LogP contribution in [0.2, 0.25) is 0 Å². The Morgan fingerprint density at radius 1 is 0.540 bits per heavy atom. The number of anilines is 3. The van der Waals surface area contributed by atoms with Crippen LogP contribution >= 0.6 is 0 Å². The number of hydrogen-bond acceptors (Lipinski definition) is 1. The normalized spacial score (nSPS) is 27.4. The van der Waals surface area contributed by atoms with Gasteiger partial charge in [0.1, 0.15) is 0 Å². The molecule has 0 amide bonds. The average molecular weight is 652 g/mol. The van der Waals surface area contributed by atoms with Crippen LogP contribution in [-0.2, 0) is 16.2 Å². The van der Waals surface area contributed by atoms with Gasteiger partial charge in [-0.3, -0.25) is 0 Å². The Labute approximate surface area is 298 Å². The van der Waals surface area contributed by atoms with Crippen molar-refractivity contribution in [2.75, 3.05) is 4.90 Å². The topological polar surface area (TPSA) is 3.24 Å². The maximum atomic E-state index is 2.64. The van der Waals surface area contributed by atoms with Crippen molar-refractivity contribution in [3.05, 3.63) is 137 Å². The number of fused-ring (bicyclic) bond motifs is 8. The van der Waals surface area contributed by atoms with Crippen LogP contribution in [0, 0.1) is 23.7 Å². The van der Waals surface area contributed by atoms with Gasteiger partial charge in [-0.05, 0) is 149 Å². The summed E-state index contributed by atoms with van der Waals surface area (Å²) in [5.74, 6) is 3.41. The van der Waals surface area contributed by atoms with Crippen LogP contribution in [-0.4, -0.2) is 0 Å². The van der Waals surface area contributed by atoms with Gasteiger partial charge in [0.15, 0.2) is 0 Å². The van der Waals surface area contributed by atoms with E-state index >= 15 is 0 Å². The first-order valence-corrected chi connectivity index (χ1v) is 19.7. The SMILES string of the molecule is CC(C)(C)c1ccc(N(c2ccc3c(c2)C2(CCCC2)c2ccccc2-3)c2cccc3c2-c2ccccc2[C@]32[C@@H]3CC4C[C@@H](C3)C[C@@H]2C4)cc1. The summed E-state index contributed by atoms with van der Waals surface area (Å²) in [6, 6.07) is 43.4. The Balaban J connectivity index is 1.15. The van der Waals surface area contributed by atoms with Crippen LogP contribution in [0.25, 0.3) is 22.3 Å². The fourth-order valence-corrected chi connectivity index (χ4v) is 13.0. The lowest BCUT2D eigenvalue weighted by Gasteiger charge is -2.61. The third kappa shape index (κ3) is 3.80. The average Bonchev–Trinajstić information content (AvgIpc) is 3.81. The molecule has 5 saturated carbocycles. The first kappa shape index (κ1) is 29.6. The quantitative estimate of drug-likeness (QED) is 0.188. The molecule has 12 rings (SSSR count). The lowest BCUT2D eigenvalue weighted by atomic mass is 9.43. The monoisotopic (exact) mass is 651 g/mol.